The standard InChI is InChI=1S/C9H12FN3/c10-7-3-4-8(11)12-9(7)13-5-1-2-6-13/h3-4H,1-2,5-6H2,(H2,11,12). The van der Waals surface area contributed by atoms with Crippen molar-refractivity contribution >= 4 is 11.6 Å². The highest BCUT2D eigenvalue weighted by atomic mass is 19.1. The van der Waals surface area contributed by atoms with Crippen molar-refractivity contribution in [1.82, 2.24) is 4.98 Å². The molecule has 0 saturated carbocycles. The molecule has 1 fully saturated rings. The maximum absolute atomic E-state index is 13.3. The number of hydrogen-bond acceptors (Lipinski definition) is 3. The molecule has 0 spiro atoms. The van der Waals surface area contributed by atoms with Crippen LogP contribution in [0.15, 0.2) is 12.1 Å². The molecule has 1 saturated heterocycles. The van der Waals surface area contributed by atoms with Crippen LogP contribution in [0.25, 0.3) is 0 Å². The maximum Gasteiger partial charge on any atom is 0.167 e. The van der Waals surface area contributed by atoms with Gasteiger partial charge in [0.15, 0.2) is 11.6 Å². The zero-order valence-electron chi connectivity index (χ0n) is 7.33. The minimum Gasteiger partial charge on any atom is -0.384 e. The van der Waals surface area contributed by atoms with Crippen molar-refractivity contribution in [3.8, 4) is 0 Å². The van der Waals surface area contributed by atoms with Gasteiger partial charge in [-0.2, -0.15) is 0 Å². The minimum absolute atomic E-state index is 0.281. The first kappa shape index (κ1) is 8.29. The van der Waals surface area contributed by atoms with Crippen molar-refractivity contribution in [3.63, 3.8) is 0 Å². The van der Waals surface area contributed by atoms with E-state index in [1.165, 1.54) is 12.1 Å². The van der Waals surface area contributed by atoms with E-state index in [0.717, 1.165) is 25.9 Å². The summed E-state index contributed by atoms with van der Waals surface area (Å²) in [5, 5.41) is 0. The summed E-state index contributed by atoms with van der Waals surface area (Å²) < 4.78 is 13.3. The lowest BCUT2D eigenvalue weighted by molar-refractivity contribution is 0.616. The van der Waals surface area contributed by atoms with Gasteiger partial charge >= 0.3 is 0 Å². The van der Waals surface area contributed by atoms with E-state index >= 15 is 0 Å². The molecular formula is C9H12FN3. The topological polar surface area (TPSA) is 42.1 Å². The molecule has 0 amide bonds. The summed E-state index contributed by atoms with van der Waals surface area (Å²) in [4.78, 5) is 5.92. The maximum atomic E-state index is 13.3. The number of halogens is 1. The molecule has 2 heterocycles. The summed E-state index contributed by atoms with van der Waals surface area (Å²) in [6.45, 7) is 1.76. The lowest BCUT2D eigenvalue weighted by Crippen LogP contribution is -2.20. The average molecular weight is 181 g/mol. The van der Waals surface area contributed by atoms with Crippen LogP contribution in [0.4, 0.5) is 16.0 Å². The number of hydrogen-bond donors (Lipinski definition) is 1. The summed E-state index contributed by atoms with van der Waals surface area (Å²) in [6.07, 6.45) is 2.21. The number of nitrogens with zero attached hydrogens (tertiary/aromatic N) is 2. The molecule has 1 aliphatic heterocycles. The Hall–Kier alpha value is -1.32. The normalized spacial score (nSPS) is 16.5. The first-order valence-corrected chi connectivity index (χ1v) is 4.44. The van der Waals surface area contributed by atoms with Gasteiger partial charge in [0.1, 0.15) is 5.82 Å². The lowest BCUT2D eigenvalue weighted by atomic mass is 10.4. The van der Waals surface area contributed by atoms with Gasteiger partial charge in [-0.15, -0.1) is 0 Å². The molecule has 13 heavy (non-hydrogen) atoms. The van der Waals surface area contributed by atoms with Crippen LogP contribution >= 0.6 is 0 Å². The third-order valence-corrected chi connectivity index (χ3v) is 2.25. The summed E-state index contributed by atoms with van der Waals surface area (Å²) in [5.41, 5.74) is 5.49. The third-order valence-electron chi connectivity index (χ3n) is 2.25. The Bertz CT molecular complexity index is 308. The van der Waals surface area contributed by atoms with E-state index in [-0.39, 0.29) is 5.82 Å². The van der Waals surface area contributed by atoms with Gasteiger partial charge < -0.3 is 10.6 Å². The summed E-state index contributed by atoms with van der Waals surface area (Å²) in [6, 6.07) is 2.85. The number of pyridine rings is 1. The monoisotopic (exact) mass is 181 g/mol. The molecule has 2 rings (SSSR count). The predicted molar refractivity (Wildman–Crippen MR) is 50.1 cm³/mol. The smallest absolute Gasteiger partial charge is 0.167 e. The van der Waals surface area contributed by atoms with E-state index in [2.05, 4.69) is 4.98 Å². The Kier molecular flexibility index (Phi) is 2.04. The van der Waals surface area contributed by atoms with E-state index in [4.69, 9.17) is 5.73 Å². The Balaban J connectivity index is 2.32. The van der Waals surface area contributed by atoms with Crippen LogP contribution in [-0.4, -0.2) is 18.1 Å². The predicted octanol–water partition coefficient (Wildman–Crippen LogP) is 1.40. The zero-order valence-corrected chi connectivity index (χ0v) is 7.33. The van der Waals surface area contributed by atoms with Crippen molar-refractivity contribution in [1.29, 1.82) is 0 Å². The number of rotatable bonds is 1. The van der Waals surface area contributed by atoms with Gasteiger partial charge in [-0.05, 0) is 25.0 Å². The number of nitrogen functional groups attached to an aromatic ring is 1. The van der Waals surface area contributed by atoms with Crippen molar-refractivity contribution in [3.05, 3.63) is 17.9 Å². The van der Waals surface area contributed by atoms with Crippen LogP contribution in [0, 0.1) is 5.82 Å². The number of nitrogens with two attached hydrogens (primary N) is 1. The molecule has 0 aromatic carbocycles. The minimum atomic E-state index is -0.281. The van der Waals surface area contributed by atoms with Crippen molar-refractivity contribution in [2.75, 3.05) is 23.7 Å². The molecule has 1 aromatic rings. The fourth-order valence-corrected chi connectivity index (χ4v) is 1.60. The Morgan fingerprint density at radius 3 is 2.69 bits per heavy atom. The molecule has 4 heteroatoms. The van der Waals surface area contributed by atoms with Gasteiger partial charge in [0.2, 0.25) is 0 Å². The summed E-state index contributed by atoms with van der Waals surface area (Å²) >= 11 is 0. The molecule has 2 N–H and O–H groups in total. The zero-order chi connectivity index (χ0) is 9.26. The Labute approximate surface area is 76.4 Å². The van der Waals surface area contributed by atoms with Gasteiger partial charge in [-0.25, -0.2) is 9.37 Å². The van der Waals surface area contributed by atoms with Gasteiger partial charge in [-0.3, -0.25) is 0 Å². The van der Waals surface area contributed by atoms with Crippen LogP contribution in [0.5, 0.6) is 0 Å². The quantitative estimate of drug-likeness (QED) is 0.712. The highest BCUT2D eigenvalue weighted by Crippen LogP contribution is 2.21. The fourth-order valence-electron chi connectivity index (χ4n) is 1.60. The van der Waals surface area contributed by atoms with Crippen LogP contribution in [0.3, 0.4) is 0 Å². The molecule has 0 unspecified atom stereocenters. The van der Waals surface area contributed by atoms with Crippen molar-refractivity contribution < 1.29 is 4.39 Å². The molecule has 70 valence electrons. The van der Waals surface area contributed by atoms with Crippen molar-refractivity contribution in [2.24, 2.45) is 0 Å². The van der Waals surface area contributed by atoms with Crippen LogP contribution in [0.1, 0.15) is 12.8 Å². The molecule has 0 aliphatic carbocycles. The van der Waals surface area contributed by atoms with E-state index in [0.29, 0.717) is 11.6 Å². The average Bonchev–Trinajstić information content (AvgIpc) is 2.61. The van der Waals surface area contributed by atoms with Crippen LogP contribution in [-0.2, 0) is 0 Å². The SMILES string of the molecule is Nc1ccc(F)c(N2CCCC2)n1. The van der Waals surface area contributed by atoms with Crippen LogP contribution < -0.4 is 10.6 Å². The molecular weight excluding hydrogens is 169 g/mol. The number of aromatic nitrogens is 1. The Morgan fingerprint density at radius 1 is 1.31 bits per heavy atom. The second kappa shape index (κ2) is 3.20. The molecule has 0 bridgehead atoms. The van der Waals surface area contributed by atoms with Gasteiger partial charge in [0, 0.05) is 13.1 Å². The van der Waals surface area contributed by atoms with Gasteiger partial charge in [0.05, 0.1) is 0 Å². The van der Waals surface area contributed by atoms with Crippen LogP contribution in [0.2, 0.25) is 0 Å². The molecule has 1 aromatic heterocycles. The largest absolute Gasteiger partial charge is 0.384 e. The van der Waals surface area contributed by atoms with Gasteiger partial charge in [-0.1, -0.05) is 0 Å². The van der Waals surface area contributed by atoms with Crippen molar-refractivity contribution in [2.45, 2.75) is 12.8 Å². The molecule has 0 radical (unpaired) electrons. The van der Waals surface area contributed by atoms with Gasteiger partial charge in [0.25, 0.3) is 0 Å². The number of anilines is 2. The highest BCUT2D eigenvalue weighted by molar-refractivity contribution is 5.46. The third kappa shape index (κ3) is 1.56. The lowest BCUT2D eigenvalue weighted by Gasteiger charge is -2.16. The van der Waals surface area contributed by atoms with E-state index in [1.807, 2.05) is 4.90 Å². The van der Waals surface area contributed by atoms with E-state index < -0.39 is 0 Å². The van der Waals surface area contributed by atoms with E-state index in [1.54, 1.807) is 0 Å². The Morgan fingerprint density at radius 2 is 2.00 bits per heavy atom. The molecule has 0 atom stereocenters. The second-order valence-electron chi connectivity index (χ2n) is 3.24. The fraction of sp³-hybridized carbons (Fsp3) is 0.444. The first-order valence-electron chi connectivity index (χ1n) is 4.44. The van der Waals surface area contributed by atoms with E-state index in [9.17, 15) is 4.39 Å². The summed E-state index contributed by atoms with van der Waals surface area (Å²) in [7, 11) is 0. The summed E-state index contributed by atoms with van der Waals surface area (Å²) in [5.74, 6) is 0.497. The molecule has 3 nitrogen and oxygen atoms in total. The first-order chi connectivity index (χ1) is 6.27. The second-order valence-corrected chi connectivity index (χ2v) is 3.24. The molecule has 1 aliphatic rings. The highest BCUT2D eigenvalue weighted by Gasteiger charge is 2.17.